The smallest absolute Gasteiger partial charge is 0.276 e. The molecule has 1 amide bonds. The number of hydrogen-bond donors (Lipinski definition) is 0. The first-order valence-corrected chi connectivity index (χ1v) is 9.14. The number of likely N-dealkylation sites (tertiary alicyclic amines) is 1. The van der Waals surface area contributed by atoms with Gasteiger partial charge in [-0.05, 0) is 31.2 Å². The van der Waals surface area contributed by atoms with E-state index in [1.807, 2.05) is 36.1 Å². The van der Waals surface area contributed by atoms with Crippen LogP contribution < -0.4 is 0 Å². The minimum absolute atomic E-state index is 0.0704. The summed E-state index contributed by atoms with van der Waals surface area (Å²) < 4.78 is 7.01. The number of aromatic nitrogens is 5. The Kier molecular flexibility index (Phi) is 4.70. The number of piperidine rings is 1. The minimum atomic E-state index is -0.0704. The number of carbonyl (C=O) groups excluding carboxylic acids is 1. The summed E-state index contributed by atoms with van der Waals surface area (Å²) in [5.74, 6) is 1.46. The van der Waals surface area contributed by atoms with Crippen LogP contribution in [-0.2, 0) is 13.5 Å². The molecule has 0 unspecified atom stereocenters. The maximum Gasteiger partial charge on any atom is 0.276 e. The number of rotatable bonds is 4. The molecule has 2 aromatic heterocycles. The van der Waals surface area contributed by atoms with Gasteiger partial charge in [0.15, 0.2) is 5.69 Å². The first-order valence-electron chi connectivity index (χ1n) is 9.14. The monoisotopic (exact) mass is 366 g/mol. The predicted octanol–water partition coefficient (Wildman–Crippen LogP) is 2.27. The van der Waals surface area contributed by atoms with Gasteiger partial charge in [-0.15, -0.1) is 5.10 Å². The zero-order valence-electron chi connectivity index (χ0n) is 15.5. The summed E-state index contributed by atoms with van der Waals surface area (Å²) >= 11 is 0. The number of nitrogens with zero attached hydrogens (tertiary/aromatic N) is 6. The third-order valence-electron chi connectivity index (χ3n) is 4.95. The first kappa shape index (κ1) is 17.4. The van der Waals surface area contributed by atoms with Crippen LogP contribution in [0.4, 0.5) is 0 Å². The average molecular weight is 366 g/mol. The van der Waals surface area contributed by atoms with E-state index in [4.69, 9.17) is 4.52 Å². The molecule has 0 bridgehead atoms. The van der Waals surface area contributed by atoms with Gasteiger partial charge in [0.05, 0.1) is 6.20 Å². The SMILES string of the molecule is Cc1ccccc1-c1noc(C[C@@H]2CCCN(C(=O)c3cn(C)nn3)C2)n1. The normalized spacial score (nSPS) is 17.3. The number of aryl methyl sites for hydroxylation is 2. The van der Waals surface area contributed by atoms with Gasteiger partial charge in [0.1, 0.15) is 0 Å². The van der Waals surface area contributed by atoms with E-state index in [9.17, 15) is 4.79 Å². The predicted molar refractivity (Wildman–Crippen MR) is 97.8 cm³/mol. The first-order chi connectivity index (χ1) is 13.1. The summed E-state index contributed by atoms with van der Waals surface area (Å²) in [6.45, 7) is 3.43. The van der Waals surface area contributed by atoms with Crippen LogP contribution in [0.25, 0.3) is 11.4 Å². The molecule has 0 saturated carbocycles. The number of amides is 1. The molecule has 0 aliphatic carbocycles. The second-order valence-corrected chi connectivity index (χ2v) is 7.07. The quantitative estimate of drug-likeness (QED) is 0.704. The molecule has 8 nitrogen and oxygen atoms in total. The lowest BCUT2D eigenvalue weighted by molar-refractivity contribution is 0.0662. The fourth-order valence-corrected chi connectivity index (χ4v) is 3.54. The number of hydrogen-bond acceptors (Lipinski definition) is 6. The van der Waals surface area contributed by atoms with Crippen molar-refractivity contribution in [3.05, 3.63) is 47.6 Å². The molecular formula is C19H22N6O2. The maximum atomic E-state index is 12.6. The van der Waals surface area contributed by atoms with Gasteiger partial charge in [-0.1, -0.05) is 34.6 Å². The van der Waals surface area contributed by atoms with Gasteiger partial charge in [0, 0.05) is 32.1 Å². The van der Waals surface area contributed by atoms with E-state index in [1.54, 1.807) is 17.9 Å². The van der Waals surface area contributed by atoms with Gasteiger partial charge in [-0.2, -0.15) is 4.98 Å². The van der Waals surface area contributed by atoms with Gasteiger partial charge < -0.3 is 9.42 Å². The molecule has 1 atom stereocenters. The summed E-state index contributed by atoms with van der Waals surface area (Å²) in [7, 11) is 1.75. The van der Waals surface area contributed by atoms with Crippen LogP contribution in [0.2, 0.25) is 0 Å². The van der Waals surface area contributed by atoms with Crippen molar-refractivity contribution >= 4 is 5.91 Å². The highest BCUT2D eigenvalue weighted by Gasteiger charge is 2.27. The minimum Gasteiger partial charge on any atom is -0.339 e. The lowest BCUT2D eigenvalue weighted by Crippen LogP contribution is -2.40. The van der Waals surface area contributed by atoms with Crippen LogP contribution in [0.15, 0.2) is 35.0 Å². The molecule has 27 heavy (non-hydrogen) atoms. The molecule has 0 radical (unpaired) electrons. The molecule has 140 valence electrons. The van der Waals surface area contributed by atoms with E-state index in [-0.39, 0.29) is 5.91 Å². The van der Waals surface area contributed by atoms with E-state index in [0.29, 0.717) is 36.3 Å². The lowest BCUT2D eigenvalue weighted by atomic mass is 9.94. The third kappa shape index (κ3) is 3.74. The zero-order valence-corrected chi connectivity index (χ0v) is 15.5. The highest BCUT2D eigenvalue weighted by Crippen LogP contribution is 2.24. The Bertz CT molecular complexity index is 947. The molecule has 0 N–H and O–H groups in total. The zero-order chi connectivity index (χ0) is 18.8. The van der Waals surface area contributed by atoms with E-state index < -0.39 is 0 Å². The van der Waals surface area contributed by atoms with Crippen molar-refractivity contribution in [2.24, 2.45) is 13.0 Å². The van der Waals surface area contributed by atoms with Gasteiger partial charge in [-0.3, -0.25) is 9.48 Å². The molecule has 1 aliphatic heterocycles. The Balaban J connectivity index is 1.43. The highest BCUT2D eigenvalue weighted by atomic mass is 16.5. The van der Waals surface area contributed by atoms with Gasteiger partial charge in [-0.25, -0.2) is 0 Å². The topological polar surface area (TPSA) is 89.9 Å². The van der Waals surface area contributed by atoms with Crippen molar-refractivity contribution < 1.29 is 9.32 Å². The fraction of sp³-hybridized carbons (Fsp3) is 0.421. The van der Waals surface area contributed by atoms with Gasteiger partial charge >= 0.3 is 0 Å². The average Bonchev–Trinajstić information content (AvgIpc) is 3.31. The number of benzene rings is 1. The fourth-order valence-electron chi connectivity index (χ4n) is 3.54. The summed E-state index contributed by atoms with van der Waals surface area (Å²) in [4.78, 5) is 19.0. The van der Waals surface area contributed by atoms with Crippen LogP contribution >= 0.6 is 0 Å². The molecular weight excluding hydrogens is 344 g/mol. The summed E-state index contributed by atoms with van der Waals surface area (Å²) in [5, 5.41) is 11.9. The largest absolute Gasteiger partial charge is 0.339 e. The molecule has 0 spiro atoms. The van der Waals surface area contributed by atoms with Crippen molar-refractivity contribution in [1.29, 1.82) is 0 Å². The molecule has 1 aliphatic rings. The van der Waals surface area contributed by atoms with Crippen molar-refractivity contribution in [3.8, 4) is 11.4 Å². The summed E-state index contributed by atoms with van der Waals surface area (Å²) in [5.41, 5.74) is 2.48. The second-order valence-electron chi connectivity index (χ2n) is 7.07. The number of carbonyl (C=O) groups is 1. The summed E-state index contributed by atoms with van der Waals surface area (Å²) in [6, 6.07) is 7.98. The Labute approximate surface area is 157 Å². The van der Waals surface area contributed by atoms with Gasteiger partial charge in [0.25, 0.3) is 5.91 Å². The third-order valence-corrected chi connectivity index (χ3v) is 4.95. The van der Waals surface area contributed by atoms with E-state index in [2.05, 4.69) is 20.5 Å². The standard InChI is InChI=1S/C19H22N6O2/c1-13-6-3-4-8-15(13)18-20-17(27-22-18)10-14-7-5-9-25(11-14)19(26)16-12-24(2)23-21-16/h3-4,6,8,12,14H,5,7,9-11H2,1-2H3/t14-/m0/s1. The Morgan fingerprint density at radius 2 is 2.19 bits per heavy atom. The van der Waals surface area contributed by atoms with E-state index in [1.165, 1.54) is 0 Å². The van der Waals surface area contributed by atoms with Crippen LogP contribution in [-0.4, -0.2) is 49.0 Å². The van der Waals surface area contributed by atoms with E-state index in [0.717, 1.165) is 30.5 Å². The van der Waals surface area contributed by atoms with Crippen molar-refractivity contribution in [2.45, 2.75) is 26.2 Å². The van der Waals surface area contributed by atoms with E-state index >= 15 is 0 Å². The molecule has 3 heterocycles. The van der Waals surface area contributed by atoms with Crippen LogP contribution in [0.1, 0.15) is 34.8 Å². The molecule has 8 heteroatoms. The Morgan fingerprint density at radius 1 is 1.33 bits per heavy atom. The van der Waals surface area contributed by atoms with Crippen molar-refractivity contribution in [3.63, 3.8) is 0 Å². The molecule has 4 rings (SSSR count). The maximum absolute atomic E-state index is 12.6. The molecule has 1 aromatic carbocycles. The second kappa shape index (κ2) is 7.30. The summed E-state index contributed by atoms with van der Waals surface area (Å²) in [6.07, 6.45) is 4.31. The molecule has 1 fully saturated rings. The molecule has 1 saturated heterocycles. The molecule has 3 aromatic rings. The Hall–Kier alpha value is -3.03. The van der Waals surface area contributed by atoms with Crippen molar-refractivity contribution in [2.75, 3.05) is 13.1 Å². The van der Waals surface area contributed by atoms with Crippen LogP contribution in [0, 0.1) is 12.8 Å². The highest BCUT2D eigenvalue weighted by molar-refractivity contribution is 5.92. The van der Waals surface area contributed by atoms with Crippen LogP contribution in [0.3, 0.4) is 0 Å². The Morgan fingerprint density at radius 3 is 2.96 bits per heavy atom. The van der Waals surface area contributed by atoms with Crippen LogP contribution in [0.5, 0.6) is 0 Å². The lowest BCUT2D eigenvalue weighted by Gasteiger charge is -2.31. The van der Waals surface area contributed by atoms with Gasteiger partial charge in [0.2, 0.25) is 11.7 Å². The van der Waals surface area contributed by atoms with Crippen molar-refractivity contribution in [1.82, 2.24) is 30.0 Å².